The largest absolute Gasteiger partial charge is 0.465 e. The first-order valence-corrected chi connectivity index (χ1v) is 5.07. The molecule has 1 aromatic rings. The number of carbonyl (C=O) groups is 1. The lowest BCUT2D eigenvalue weighted by Gasteiger charge is -2.05. The fraction of sp³-hybridized carbons (Fsp3) is 0.222. The van der Waals surface area contributed by atoms with E-state index in [-0.39, 0.29) is 10.5 Å². The number of esters is 1. The van der Waals surface area contributed by atoms with Gasteiger partial charge in [0.25, 0.3) is 0 Å². The highest BCUT2D eigenvalue weighted by molar-refractivity contribution is 7.79. The average Bonchev–Trinajstić information content (AvgIpc) is 2.16. The molecule has 0 saturated heterocycles. The Morgan fingerprint density at radius 3 is 2.60 bits per heavy atom. The maximum atomic E-state index is 13.2. The Labute approximate surface area is 88.3 Å². The fourth-order valence-electron chi connectivity index (χ4n) is 1.11. The Morgan fingerprint density at radius 2 is 2.13 bits per heavy atom. The van der Waals surface area contributed by atoms with Crippen LogP contribution in [0.4, 0.5) is 4.39 Å². The van der Waals surface area contributed by atoms with Crippen molar-refractivity contribution in [1.82, 2.24) is 0 Å². The van der Waals surface area contributed by atoms with Gasteiger partial charge in [-0.2, -0.15) is 0 Å². The molecule has 0 amide bonds. The van der Waals surface area contributed by atoms with E-state index >= 15 is 0 Å². The van der Waals surface area contributed by atoms with Crippen LogP contribution in [-0.4, -0.2) is 21.8 Å². The van der Waals surface area contributed by atoms with Crippen molar-refractivity contribution in [3.8, 4) is 0 Å². The van der Waals surface area contributed by atoms with E-state index in [0.29, 0.717) is 5.56 Å². The number of benzene rings is 1. The van der Waals surface area contributed by atoms with Crippen molar-refractivity contribution in [2.24, 2.45) is 0 Å². The van der Waals surface area contributed by atoms with E-state index in [0.717, 1.165) is 19.2 Å². The zero-order valence-corrected chi connectivity index (χ0v) is 8.93. The highest BCUT2D eigenvalue weighted by atomic mass is 32.2. The molecular formula is C9H9FO4S. The summed E-state index contributed by atoms with van der Waals surface area (Å²) in [5, 5.41) is 0. The van der Waals surface area contributed by atoms with Crippen molar-refractivity contribution in [2.45, 2.75) is 11.8 Å². The normalized spacial score (nSPS) is 12.3. The van der Waals surface area contributed by atoms with E-state index in [9.17, 15) is 13.4 Å². The summed E-state index contributed by atoms with van der Waals surface area (Å²) in [6.45, 7) is 1.48. The maximum absolute atomic E-state index is 13.2. The van der Waals surface area contributed by atoms with Crippen LogP contribution >= 0.6 is 0 Å². The van der Waals surface area contributed by atoms with Gasteiger partial charge in [-0.1, -0.05) is 0 Å². The summed E-state index contributed by atoms with van der Waals surface area (Å²) in [5.41, 5.74) is -0.0403. The second-order valence-electron chi connectivity index (χ2n) is 2.84. The van der Waals surface area contributed by atoms with Crippen LogP contribution < -0.4 is 0 Å². The molecule has 1 rings (SSSR count). The van der Waals surface area contributed by atoms with Crippen LogP contribution in [0, 0.1) is 12.7 Å². The second kappa shape index (κ2) is 4.50. The molecule has 0 aliphatic heterocycles. The van der Waals surface area contributed by atoms with Gasteiger partial charge in [-0.05, 0) is 24.6 Å². The minimum atomic E-state index is -2.25. The molecule has 1 N–H and O–H groups in total. The Hall–Kier alpha value is -1.27. The highest BCUT2D eigenvalue weighted by Crippen LogP contribution is 2.18. The molecule has 0 saturated carbocycles. The highest BCUT2D eigenvalue weighted by Gasteiger charge is 2.16. The van der Waals surface area contributed by atoms with Crippen LogP contribution in [0.2, 0.25) is 0 Å². The predicted molar refractivity (Wildman–Crippen MR) is 51.5 cm³/mol. The Balaban J connectivity index is 3.36. The monoisotopic (exact) mass is 232 g/mol. The molecule has 1 aromatic carbocycles. The molecule has 0 aromatic heterocycles. The van der Waals surface area contributed by atoms with Crippen molar-refractivity contribution >= 4 is 17.0 Å². The third kappa shape index (κ3) is 2.40. The first-order valence-electron chi connectivity index (χ1n) is 3.96. The molecule has 0 spiro atoms. The van der Waals surface area contributed by atoms with Crippen molar-refractivity contribution in [3.05, 3.63) is 29.1 Å². The van der Waals surface area contributed by atoms with Crippen LogP contribution in [0.1, 0.15) is 15.9 Å². The number of ether oxygens (including phenoxy) is 1. The maximum Gasteiger partial charge on any atom is 0.340 e. The van der Waals surface area contributed by atoms with E-state index in [1.807, 2.05) is 0 Å². The minimum absolute atomic E-state index is 0.00296. The van der Waals surface area contributed by atoms with Gasteiger partial charge in [0.05, 0.1) is 17.6 Å². The van der Waals surface area contributed by atoms with Gasteiger partial charge in [0.15, 0.2) is 11.1 Å². The van der Waals surface area contributed by atoms with Gasteiger partial charge >= 0.3 is 5.97 Å². The predicted octanol–water partition coefficient (Wildman–Crippen LogP) is 1.50. The molecule has 0 aliphatic carbocycles. The molecule has 1 atom stereocenters. The topological polar surface area (TPSA) is 63.6 Å². The number of hydrogen-bond donors (Lipinski definition) is 1. The van der Waals surface area contributed by atoms with Gasteiger partial charge in [-0.15, -0.1) is 0 Å². The molecule has 0 aliphatic rings. The van der Waals surface area contributed by atoms with Gasteiger partial charge in [-0.3, -0.25) is 0 Å². The molecular weight excluding hydrogens is 223 g/mol. The third-order valence-electron chi connectivity index (χ3n) is 1.86. The zero-order valence-electron chi connectivity index (χ0n) is 8.11. The molecule has 0 bridgehead atoms. The van der Waals surface area contributed by atoms with Crippen molar-refractivity contribution in [1.29, 1.82) is 0 Å². The van der Waals surface area contributed by atoms with Crippen LogP contribution in [-0.2, 0) is 15.8 Å². The summed E-state index contributed by atoms with van der Waals surface area (Å²) in [4.78, 5) is 11.1. The van der Waals surface area contributed by atoms with Crippen LogP contribution in [0.15, 0.2) is 17.0 Å². The molecule has 15 heavy (non-hydrogen) atoms. The first kappa shape index (κ1) is 11.8. The molecule has 4 nitrogen and oxygen atoms in total. The van der Waals surface area contributed by atoms with E-state index in [1.165, 1.54) is 6.92 Å². The number of carbonyl (C=O) groups excluding carboxylic acids is 1. The lowest BCUT2D eigenvalue weighted by Crippen LogP contribution is -2.07. The zero-order chi connectivity index (χ0) is 11.6. The number of hydrogen-bond acceptors (Lipinski definition) is 3. The van der Waals surface area contributed by atoms with Crippen LogP contribution in [0.5, 0.6) is 0 Å². The summed E-state index contributed by atoms with van der Waals surface area (Å²) in [6, 6.07) is 2.04. The smallest absolute Gasteiger partial charge is 0.340 e. The van der Waals surface area contributed by atoms with E-state index in [4.69, 9.17) is 4.55 Å². The number of halogens is 1. The Bertz CT molecular complexity index is 430. The molecule has 1 unspecified atom stereocenters. The van der Waals surface area contributed by atoms with Gasteiger partial charge in [-0.25, -0.2) is 13.4 Å². The molecule has 0 radical (unpaired) electrons. The summed E-state index contributed by atoms with van der Waals surface area (Å²) >= 11 is -2.25. The van der Waals surface area contributed by atoms with Crippen molar-refractivity contribution in [3.63, 3.8) is 0 Å². The third-order valence-corrected chi connectivity index (χ3v) is 2.67. The molecule has 0 heterocycles. The average molecular weight is 232 g/mol. The number of methoxy groups -OCH3 is 1. The van der Waals surface area contributed by atoms with Crippen LogP contribution in [0.3, 0.4) is 0 Å². The lowest BCUT2D eigenvalue weighted by atomic mass is 10.1. The molecule has 0 fully saturated rings. The summed E-state index contributed by atoms with van der Waals surface area (Å²) in [5.74, 6) is -1.65. The van der Waals surface area contributed by atoms with Gasteiger partial charge in [0.1, 0.15) is 5.82 Å². The fourth-order valence-corrected chi connectivity index (χ4v) is 1.66. The molecule has 6 heteroatoms. The van der Waals surface area contributed by atoms with Crippen LogP contribution in [0.25, 0.3) is 0 Å². The van der Waals surface area contributed by atoms with E-state index in [2.05, 4.69) is 4.74 Å². The van der Waals surface area contributed by atoms with E-state index < -0.39 is 22.9 Å². The lowest BCUT2D eigenvalue weighted by molar-refractivity contribution is 0.0595. The van der Waals surface area contributed by atoms with Crippen molar-refractivity contribution in [2.75, 3.05) is 7.11 Å². The van der Waals surface area contributed by atoms with Gasteiger partial charge in [0.2, 0.25) is 0 Å². The second-order valence-corrected chi connectivity index (χ2v) is 3.78. The summed E-state index contributed by atoms with van der Waals surface area (Å²) < 4.78 is 37.3. The van der Waals surface area contributed by atoms with Gasteiger partial charge in [0, 0.05) is 0 Å². The Morgan fingerprint density at radius 1 is 1.53 bits per heavy atom. The SMILES string of the molecule is COC(=O)c1cc(S(=O)O)c(C)cc1F. The quantitative estimate of drug-likeness (QED) is 0.620. The van der Waals surface area contributed by atoms with E-state index in [1.54, 1.807) is 0 Å². The van der Waals surface area contributed by atoms with Gasteiger partial charge < -0.3 is 9.29 Å². The van der Waals surface area contributed by atoms with Crippen molar-refractivity contribution < 1.29 is 22.7 Å². The Kier molecular flexibility index (Phi) is 3.54. The summed E-state index contributed by atoms with van der Waals surface area (Å²) in [6.07, 6.45) is 0. The summed E-state index contributed by atoms with van der Waals surface area (Å²) in [7, 11) is 1.11. The molecule has 82 valence electrons. The minimum Gasteiger partial charge on any atom is -0.465 e. The number of aryl methyl sites for hydroxylation is 1. The number of rotatable bonds is 2. The standard InChI is InChI=1S/C9H9FO4S/c1-5-3-7(10)6(9(11)14-2)4-8(5)15(12)13/h3-4H,1-2H3,(H,12,13). The first-order chi connectivity index (χ1) is 6.97.